The number of nitroso groups, excluding NO2 is 1. The average Bonchev–Trinajstić information content (AvgIpc) is 3.12. The number of hydrogen-bond acceptors (Lipinski definition) is 6. The van der Waals surface area contributed by atoms with Crippen molar-refractivity contribution in [3.8, 4) is 0 Å². The fourth-order valence-corrected chi connectivity index (χ4v) is 3.57. The Kier molecular flexibility index (Phi) is 4.88. The van der Waals surface area contributed by atoms with E-state index in [9.17, 15) is 9.30 Å². The van der Waals surface area contributed by atoms with Crippen LogP contribution in [-0.4, -0.2) is 19.5 Å². The number of rotatable bonds is 6. The van der Waals surface area contributed by atoms with Gasteiger partial charge in [-0.05, 0) is 40.6 Å². The Hall–Kier alpha value is -3.13. The molecule has 0 saturated carbocycles. The fourth-order valence-electron chi connectivity index (χ4n) is 2.67. The zero-order valence-electron chi connectivity index (χ0n) is 14.1. The van der Waals surface area contributed by atoms with Crippen molar-refractivity contribution < 1.29 is 4.39 Å². The third-order valence-electron chi connectivity index (χ3n) is 4.05. The lowest BCUT2D eigenvalue weighted by molar-refractivity contribution is 0.626. The summed E-state index contributed by atoms with van der Waals surface area (Å²) in [5, 5.41) is 3.69. The second-order valence-electron chi connectivity index (χ2n) is 5.90. The largest absolute Gasteiger partial charge is 0.311 e. The third-order valence-corrected chi connectivity index (χ3v) is 5.10. The Balaban J connectivity index is 1.54. The molecule has 8 heteroatoms. The molecule has 0 bridgehead atoms. The average molecular weight is 379 g/mol. The molecule has 0 amide bonds. The van der Waals surface area contributed by atoms with Crippen molar-refractivity contribution in [2.24, 2.45) is 5.18 Å². The summed E-state index contributed by atoms with van der Waals surface area (Å²) in [7, 11) is 0. The quantitative estimate of drug-likeness (QED) is 0.276. The highest BCUT2D eigenvalue weighted by Crippen LogP contribution is 2.27. The van der Waals surface area contributed by atoms with Crippen LogP contribution in [-0.2, 0) is 12.3 Å². The van der Waals surface area contributed by atoms with Crippen LogP contribution >= 0.6 is 11.8 Å². The van der Waals surface area contributed by atoms with Gasteiger partial charge in [-0.1, -0.05) is 36.0 Å². The standard InChI is InChI=1S/C19H14FN5OS/c20-15-5-1-13(2-6-15)9-25-12-23-17-18(25)21-11-22-19(17)27-10-14-3-7-16(24-26)8-4-14/h1-8,11-12H,9-10H2. The summed E-state index contributed by atoms with van der Waals surface area (Å²) >= 11 is 1.55. The molecule has 2 aromatic heterocycles. The lowest BCUT2D eigenvalue weighted by atomic mass is 10.2. The number of thioether (sulfide) groups is 1. The van der Waals surface area contributed by atoms with Gasteiger partial charge in [0.2, 0.25) is 0 Å². The van der Waals surface area contributed by atoms with Gasteiger partial charge >= 0.3 is 0 Å². The lowest BCUT2D eigenvalue weighted by Crippen LogP contribution is -1.99. The van der Waals surface area contributed by atoms with E-state index in [1.807, 2.05) is 16.7 Å². The van der Waals surface area contributed by atoms with Crippen molar-refractivity contribution >= 4 is 28.6 Å². The molecule has 2 aromatic carbocycles. The summed E-state index contributed by atoms with van der Waals surface area (Å²) < 4.78 is 15.0. The Labute approximate surface area is 158 Å². The lowest BCUT2D eigenvalue weighted by Gasteiger charge is -2.05. The molecule has 0 spiro atoms. The first kappa shape index (κ1) is 17.3. The summed E-state index contributed by atoms with van der Waals surface area (Å²) in [4.78, 5) is 23.6. The Morgan fingerprint density at radius 3 is 2.44 bits per heavy atom. The zero-order chi connectivity index (χ0) is 18.6. The highest BCUT2D eigenvalue weighted by atomic mass is 32.2. The van der Waals surface area contributed by atoms with E-state index >= 15 is 0 Å². The van der Waals surface area contributed by atoms with Crippen LogP contribution < -0.4 is 0 Å². The van der Waals surface area contributed by atoms with Crippen molar-refractivity contribution in [1.82, 2.24) is 19.5 Å². The van der Waals surface area contributed by atoms with Gasteiger partial charge in [0.15, 0.2) is 5.65 Å². The molecule has 0 aliphatic carbocycles. The topological polar surface area (TPSA) is 73.0 Å². The molecule has 0 aliphatic rings. The molecular weight excluding hydrogens is 365 g/mol. The molecule has 0 radical (unpaired) electrons. The Morgan fingerprint density at radius 2 is 1.70 bits per heavy atom. The Morgan fingerprint density at radius 1 is 0.963 bits per heavy atom. The van der Waals surface area contributed by atoms with Gasteiger partial charge in [-0.2, -0.15) is 0 Å². The maximum atomic E-state index is 13.1. The second-order valence-corrected chi connectivity index (χ2v) is 6.86. The predicted molar refractivity (Wildman–Crippen MR) is 102 cm³/mol. The van der Waals surface area contributed by atoms with E-state index in [1.54, 1.807) is 42.4 Å². The van der Waals surface area contributed by atoms with Crippen LogP contribution in [0.1, 0.15) is 11.1 Å². The summed E-state index contributed by atoms with van der Waals surface area (Å²) in [6, 6.07) is 13.5. The Bertz CT molecular complexity index is 1080. The maximum Gasteiger partial charge on any atom is 0.164 e. The van der Waals surface area contributed by atoms with Gasteiger partial charge in [0, 0.05) is 5.75 Å². The molecule has 0 unspecified atom stereocenters. The van der Waals surface area contributed by atoms with Crippen LogP contribution in [0.15, 0.2) is 71.4 Å². The van der Waals surface area contributed by atoms with Crippen LogP contribution in [0.2, 0.25) is 0 Å². The number of imidazole rings is 1. The maximum absolute atomic E-state index is 13.1. The molecule has 0 aliphatic heterocycles. The smallest absolute Gasteiger partial charge is 0.164 e. The monoisotopic (exact) mass is 379 g/mol. The number of hydrogen-bond donors (Lipinski definition) is 0. The van der Waals surface area contributed by atoms with Gasteiger partial charge in [0.1, 0.15) is 28.4 Å². The molecule has 2 heterocycles. The SMILES string of the molecule is O=Nc1ccc(CSc2ncnc3c2ncn3Cc2ccc(F)cc2)cc1. The molecule has 0 saturated heterocycles. The normalized spacial score (nSPS) is 11.0. The van der Waals surface area contributed by atoms with Crippen LogP contribution in [0.5, 0.6) is 0 Å². The van der Waals surface area contributed by atoms with E-state index < -0.39 is 0 Å². The number of nitrogens with zero attached hydrogens (tertiary/aromatic N) is 5. The van der Waals surface area contributed by atoms with Crippen LogP contribution in [0.25, 0.3) is 11.2 Å². The number of benzene rings is 2. The molecule has 0 atom stereocenters. The number of halogens is 1. The number of fused-ring (bicyclic) bond motifs is 1. The molecule has 4 rings (SSSR count). The minimum Gasteiger partial charge on any atom is -0.311 e. The molecular formula is C19H14FN5OS. The minimum atomic E-state index is -0.257. The first-order valence-corrected chi connectivity index (χ1v) is 9.17. The van der Waals surface area contributed by atoms with Crippen LogP contribution in [0.4, 0.5) is 10.1 Å². The highest BCUT2D eigenvalue weighted by molar-refractivity contribution is 7.98. The highest BCUT2D eigenvalue weighted by Gasteiger charge is 2.11. The van der Waals surface area contributed by atoms with E-state index in [4.69, 9.17) is 0 Å². The van der Waals surface area contributed by atoms with Crippen molar-refractivity contribution in [2.75, 3.05) is 0 Å². The third kappa shape index (κ3) is 3.85. The summed E-state index contributed by atoms with van der Waals surface area (Å²) in [6.45, 7) is 0.554. The summed E-state index contributed by atoms with van der Waals surface area (Å²) in [5.74, 6) is 0.433. The first-order chi connectivity index (χ1) is 13.2. The first-order valence-electron chi connectivity index (χ1n) is 8.18. The number of aromatic nitrogens is 4. The van der Waals surface area contributed by atoms with E-state index in [1.165, 1.54) is 18.5 Å². The summed E-state index contributed by atoms with van der Waals surface area (Å²) in [5.41, 5.74) is 3.90. The molecule has 27 heavy (non-hydrogen) atoms. The van der Waals surface area contributed by atoms with Gasteiger partial charge in [0.05, 0.1) is 12.9 Å². The van der Waals surface area contributed by atoms with Gasteiger partial charge < -0.3 is 4.57 Å². The molecule has 134 valence electrons. The fraction of sp³-hybridized carbons (Fsp3) is 0.105. The van der Waals surface area contributed by atoms with Crippen molar-refractivity contribution in [3.63, 3.8) is 0 Å². The summed E-state index contributed by atoms with van der Waals surface area (Å²) in [6.07, 6.45) is 3.24. The van der Waals surface area contributed by atoms with E-state index in [-0.39, 0.29) is 5.82 Å². The molecule has 0 N–H and O–H groups in total. The second kappa shape index (κ2) is 7.63. The molecule has 4 aromatic rings. The van der Waals surface area contributed by atoms with Gasteiger partial charge in [-0.15, -0.1) is 4.91 Å². The molecule has 0 fully saturated rings. The van der Waals surface area contributed by atoms with E-state index in [2.05, 4.69) is 20.1 Å². The van der Waals surface area contributed by atoms with E-state index in [0.29, 0.717) is 18.0 Å². The predicted octanol–water partition coefficient (Wildman–Crippen LogP) is 4.70. The van der Waals surface area contributed by atoms with Crippen molar-refractivity contribution in [3.05, 3.63) is 83.0 Å². The van der Waals surface area contributed by atoms with Crippen LogP contribution in [0.3, 0.4) is 0 Å². The molecule has 6 nitrogen and oxygen atoms in total. The van der Waals surface area contributed by atoms with Crippen molar-refractivity contribution in [1.29, 1.82) is 0 Å². The van der Waals surface area contributed by atoms with Crippen LogP contribution in [0, 0.1) is 10.7 Å². The van der Waals surface area contributed by atoms with Gasteiger partial charge in [-0.25, -0.2) is 19.3 Å². The zero-order valence-corrected chi connectivity index (χ0v) is 14.9. The van der Waals surface area contributed by atoms with E-state index in [0.717, 1.165) is 27.3 Å². The minimum absolute atomic E-state index is 0.257. The van der Waals surface area contributed by atoms with Gasteiger partial charge in [-0.3, -0.25) is 0 Å². The van der Waals surface area contributed by atoms with Gasteiger partial charge in [0.25, 0.3) is 0 Å². The van der Waals surface area contributed by atoms with Crippen molar-refractivity contribution in [2.45, 2.75) is 17.3 Å².